The minimum Gasteiger partial charge on any atom is -0.455 e. The van der Waals surface area contributed by atoms with Gasteiger partial charge in [0, 0.05) is 27.3 Å². The van der Waals surface area contributed by atoms with E-state index in [2.05, 4.69) is 130 Å². The maximum Gasteiger partial charge on any atom is 0.299 e. The van der Waals surface area contributed by atoms with Gasteiger partial charge in [-0.1, -0.05) is 88.4 Å². The zero-order chi connectivity index (χ0) is 29.6. The van der Waals surface area contributed by atoms with Crippen LogP contribution in [0.1, 0.15) is 56.2 Å². The molecule has 0 radical (unpaired) electrons. The molecule has 43 heavy (non-hydrogen) atoms. The van der Waals surface area contributed by atoms with E-state index < -0.39 is 0 Å². The van der Waals surface area contributed by atoms with Gasteiger partial charge in [0.1, 0.15) is 28.0 Å². The summed E-state index contributed by atoms with van der Waals surface area (Å²) in [7, 11) is 2.18. The summed E-state index contributed by atoms with van der Waals surface area (Å²) >= 11 is 0. The number of hydrogen-bond donors (Lipinski definition) is 0. The summed E-state index contributed by atoms with van der Waals surface area (Å²) in [5, 5.41) is 4.33. The lowest BCUT2D eigenvalue weighted by atomic mass is 9.92. The van der Waals surface area contributed by atoms with Crippen LogP contribution in [0.25, 0.3) is 72.0 Å². The molecule has 4 heteroatoms. The molecular formula is C39H35N2O2+. The Morgan fingerprint density at radius 3 is 2.07 bits per heavy atom. The largest absolute Gasteiger partial charge is 0.455 e. The zero-order valence-corrected chi connectivity index (χ0v) is 25.5. The fraction of sp³-hybridized carbons (Fsp3) is 0.205. The predicted molar refractivity (Wildman–Crippen MR) is 177 cm³/mol. The van der Waals surface area contributed by atoms with E-state index in [4.69, 9.17) is 8.83 Å². The lowest BCUT2D eigenvalue weighted by Crippen LogP contribution is -2.30. The molecule has 0 spiro atoms. The molecule has 0 saturated carbocycles. The number of furan rings is 2. The third-order valence-corrected chi connectivity index (χ3v) is 9.16. The van der Waals surface area contributed by atoms with Crippen molar-refractivity contribution in [3.05, 3.63) is 108 Å². The quantitative estimate of drug-likeness (QED) is 0.200. The van der Waals surface area contributed by atoms with Gasteiger partial charge in [0.2, 0.25) is 0 Å². The molecular weight excluding hydrogens is 528 g/mol. The van der Waals surface area contributed by atoms with Crippen LogP contribution in [-0.2, 0) is 7.05 Å². The van der Waals surface area contributed by atoms with Crippen molar-refractivity contribution in [1.82, 2.24) is 4.57 Å². The van der Waals surface area contributed by atoms with Gasteiger partial charge in [0.15, 0.2) is 16.6 Å². The number of aryl methyl sites for hydroxylation is 2. The van der Waals surface area contributed by atoms with Crippen molar-refractivity contribution in [2.24, 2.45) is 7.05 Å². The Morgan fingerprint density at radius 1 is 0.628 bits per heavy atom. The third-order valence-electron chi connectivity index (χ3n) is 9.16. The normalized spacial score (nSPS) is 12.4. The van der Waals surface area contributed by atoms with Crippen LogP contribution in [0.3, 0.4) is 0 Å². The first kappa shape index (κ1) is 25.8. The molecule has 8 rings (SSSR count). The van der Waals surface area contributed by atoms with Crippen LogP contribution < -0.4 is 4.57 Å². The number of aromatic nitrogens is 2. The van der Waals surface area contributed by atoms with E-state index in [9.17, 15) is 0 Å². The van der Waals surface area contributed by atoms with Gasteiger partial charge in [-0.15, -0.1) is 0 Å². The van der Waals surface area contributed by atoms with E-state index in [0.29, 0.717) is 11.8 Å². The molecule has 4 nitrogen and oxygen atoms in total. The average Bonchev–Trinajstić information content (AvgIpc) is 3.66. The van der Waals surface area contributed by atoms with Crippen molar-refractivity contribution >= 4 is 54.9 Å². The fourth-order valence-electron chi connectivity index (χ4n) is 7.07. The molecule has 0 atom stereocenters. The monoisotopic (exact) mass is 563 g/mol. The summed E-state index contributed by atoms with van der Waals surface area (Å²) in [6.07, 6.45) is 0. The lowest BCUT2D eigenvalue weighted by molar-refractivity contribution is -0.633. The highest BCUT2D eigenvalue weighted by Gasteiger charge is 2.33. The highest BCUT2D eigenvalue weighted by Crippen LogP contribution is 2.44. The number of benzene rings is 5. The number of imidazole rings is 1. The van der Waals surface area contributed by atoms with Crippen molar-refractivity contribution in [2.75, 3.05) is 0 Å². The Labute approximate surface area is 250 Å². The molecule has 0 N–H and O–H groups in total. The fourth-order valence-corrected chi connectivity index (χ4v) is 7.07. The van der Waals surface area contributed by atoms with Gasteiger partial charge in [-0.05, 0) is 54.7 Å². The Hall–Kier alpha value is -4.83. The standard InChI is InChI=1S/C39H35N2O2/c1-22(2)25-13-11-14-26(23(3)4)36(25)41-31-16-9-8-15-30(31)40(6)39(41)34-24(5)18-19-29-35-33(43-38(29)34)21-20-28-27-12-7-10-17-32(27)42-37(28)35/h7-23H,1-6H3/q+1. The molecule has 0 fully saturated rings. The number of nitrogens with zero attached hydrogens (tertiary/aromatic N) is 2. The smallest absolute Gasteiger partial charge is 0.299 e. The maximum absolute atomic E-state index is 6.83. The molecule has 0 aliphatic carbocycles. The molecule has 3 aromatic heterocycles. The highest BCUT2D eigenvalue weighted by atomic mass is 16.3. The highest BCUT2D eigenvalue weighted by molar-refractivity contribution is 6.23. The van der Waals surface area contributed by atoms with Crippen molar-refractivity contribution in [2.45, 2.75) is 46.5 Å². The molecule has 0 saturated heterocycles. The second-order valence-electron chi connectivity index (χ2n) is 12.5. The molecule has 3 heterocycles. The molecule has 8 aromatic rings. The molecule has 0 unspecified atom stereocenters. The first-order chi connectivity index (χ1) is 20.8. The first-order valence-corrected chi connectivity index (χ1v) is 15.2. The summed E-state index contributed by atoms with van der Waals surface area (Å²) in [5.41, 5.74) is 12.1. The van der Waals surface area contributed by atoms with Crippen molar-refractivity contribution in [1.29, 1.82) is 0 Å². The van der Waals surface area contributed by atoms with E-state index in [1.807, 2.05) is 12.1 Å². The van der Waals surface area contributed by atoms with Gasteiger partial charge in [-0.3, -0.25) is 0 Å². The van der Waals surface area contributed by atoms with E-state index in [-0.39, 0.29) is 0 Å². The van der Waals surface area contributed by atoms with Crippen molar-refractivity contribution < 1.29 is 13.4 Å². The minimum atomic E-state index is 0.359. The second-order valence-corrected chi connectivity index (χ2v) is 12.5. The topological polar surface area (TPSA) is 35.1 Å². The number of hydrogen-bond acceptors (Lipinski definition) is 2. The summed E-state index contributed by atoms with van der Waals surface area (Å²) < 4.78 is 18.1. The van der Waals surface area contributed by atoms with Gasteiger partial charge in [0.25, 0.3) is 5.82 Å². The summed E-state index contributed by atoms with van der Waals surface area (Å²) in [6, 6.07) is 32.4. The zero-order valence-electron chi connectivity index (χ0n) is 25.5. The van der Waals surface area contributed by atoms with Crippen LogP contribution in [0.5, 0.6) is 0 Å². The molecule has 0 aliphatic rings. The summed E-state index contributed by atoms with van der Waals surface area (Å²) in [5.74, 6) is 1.83. The van der Waals surface area contributed by atoms with E-state index in [1.165, 1.54) is 33.4 Å². The molecule has 212 valence electrons. The lowest BCUT2D eigenvalue weighted by Gasteiger charge is -2.18. The van der Waals surface area contributed by atoms with Gasteiger partial charge < -0.3 is 8.83 Å². The summed E-state index contributed by atoms with van der Waals surface area (Å²) in [4.78, 5) is 0. The van der Waals surface area contributed by atoms with Crippen LogP contribution in [0.2, 0.25) is 0 Å². The number of fused-ring (bicyclic) bond motifs is 8. The van der Waals surface area contributed by atoms with Crippen LogP contribution in [0.4, 0.5) is 0 Å². The van der Waals surface area contributed by atoms with Crippen LogP contribution >= 0.6 is 0 Å². The van der Waals surface area contributed by atoms with Crippen LogP contribution in [0, 0.1) is 6.92 Å². The SMILES string of the molecule is Cc1ccc2c(oc3ccc4c5ccccc5oc4c32)c1-c1n(-c2c(C(C)C)cccc2C(C)C)c2ccccc2[n+]1C. The van der Waals surface area contributed by atoms with Crippen LogP contribution in [0.15, 0.2) is 99.8 Å². The van der Waals surface area contributed by atoms with Crippen molar-refractivity contribution in [3.63, 3.8) is 0 Å². The molecule has 0 aliphatic heterocycles. The summed E-state index contributed by atoms with van der Waals surface area (Å²) in [6.45, 7) is 11.4. The van der Waals surface area contributed by atoms with E-state index in [1.54, 1.807) is 0 Å². The minimum absolute atomic E-state index is 0.359. The van der Waals surface area contributed by atoms with Gasteiger partial charge in [-0.25, -0.2) is 4.57 Å². The Bertz CT molecular complexity index is 2350. The first-order valence-electron chi connectivity index (χ1n) is 15.2. The van der Waals surface area contributed by atoms with E-state index in [0.717, 1.165) is 55.3 Å². The third kappa shape index (κ3) is 3.59. The molecule has 5 aromatic carbocycles. The number of para-hydroxylation sites is 4. The van der Waals surface area contributed by atoms with Gasteiger partial charge in [0.05, 0.1) is 12.4 Å². The van der Waals surface area contributed by atoms with Crippen LogP contribution in [-0.4, -0.2) is 4.57 Å². The van der Waals surface area contributed by atoms with Crippen molar-refractivity contribution in [3.8, 4) is 17.1 Å². The van der Waals surface area contributed by atoms with Gasteiger partial charge >= 0.3 is 0 Å². The Balaban J connectivity index is 1.55. The Kier molecular flexibility index (Phi) is 5.61. The molecule has 0 bridgehead atoms. The Morgan fingerprint density at radius 2 is 1.30 bits per heavy atom. The maximum atomic E-state index is 6.83. The van der Waals surface area contributed by atoms with Gasteiger partial charge in [-0.2, -0.15) is 4.57 Å². The average molecular weight is 564 g/mol. The molecule has 0 amide bonds. The number of rotatable bonds is 4. The second kappa shape index (κ2) is 9.34. The van der Waals surface area contributed by atoms with E-state index >= 15 is 0 Å². The predicted octanol–water partition coefficient (Wildman–Crippen LogP) is 10.5.